The normalized spacial score (nSPS) is 21.7. The Hall–Kier alpha value is 0.647. The second-order valence-electron chi connectivity index (χ2n) is 5.76. The minimum Gasteiger partial charge on any atom is -0.494 e. The van der Waals surface area contributed by atoms with E-state index in [0.29, 0.717) is 5.25 Å². The third kappa shape index (κ3) is 5.74. The average Bonchev–Trinajstić information content (AvgIpc) is 2.25. The van der Waals surface area contributed by atoms with E-state index in [0.717, 1.165) is 18.4 Å². The molecule has 0 aromatic rings. The molecule has 1 aliphatic carbocycles. The van der Waals surface area contributed by atoms with Crippen LogP contribution in [0.4, 0.5) is 0 Å². The first-order valence-corrected chi connectivity index (χ1v) is 7.93. The summed E-state index contributed by atoms with van der Waals surface area (Å²) in [6.07, 6.45) is 8.64. The Kier molecular flexibility index (Phi) is 9.06. The maximum atomic E-state index is 10.4. The van der Waals surface area contributed by atoms with Crippen LogP contribution in [0.25, 0.3) is 0 Å². The van der Waals surface area contributed by atoms with Crippen molar-refractivity contribution < 1.29 is 24.0 Å². The Balaban J connectivity index is 0.00000289. The van der Waals surface area contributed by atoms with Crippen molar-refractivity contribution in [3.8, 4) is 0 Å². The molecule has 0 saturated carbocycles. The summed E-state index contributed by atoms with van der Waals surface area (Å²) < 4.78 is 0. The summed E-state index contributed by atoms with van der Waals surface area (Å²) in [5, 5.41) is 10.9. The summed E-state index contributed by atoms with van der Waals surface area (Å²) in [7, 11) is 0. The molecule has 0 aromatic heterocycles. The number of allylic oxidation sites excluding steroid dienone is 1. The van der Waals surface area contributed by atoms with E-state index >= 15 is 0 Å². The summed E-state index contributed by atoms with van der Waals surface area (Å²) in [5.41, 5.74) is 1.31. The van der Waals surface area contributed by atoms with Gasteiger partial charge in [0.25, 0.3) is 0 Å². The van der Waals surface area contributed by atoms with E-state index in [-0.39, 0.29) is 30.4 Å². The van der Waals surface area contributed by atoms with Crippen molar-refractivity contribution in [1.82, 2.24) is 0 Å². The number of aliphatic hydroxyl groups excluding tert-OH is 1. The van der Waals surface area contributed by atoms with Gasteiger partial charge in [-0.25, -0.2) is 5.57 Å². The zero-order valence-corrected chi connectivity index (χ0v) is 13.6. The molecule has 1 N–H and O–H groups in total. The molecule has 0 aliphatic heterocycles. The van der Waals surface area contributed by atoms with E-state index in [9.17, 15) is 5.11 Å². The molecule has 1 nitrogen and oxygen atoms in total. The Morgan fingerprint density at radius 3 is 2.67 bits per heavy atom. The molecule has 2 unspecified atom stereocenters. The van der Waals surface area contributed by atoms with Crippen LogP contribution >= 0.6 is 11.8 Å². The molecule has 1 rings (SSSR count). The Morgan fingerprint density at radius 2 is 2.11 bits per heavy atom. The molecule has 0 amide bonds. The zero-order valence-electron chi connectivity index (χ0n) is 12.8. The van der Waals surface area contributed by atoms with E-state index in [1.807, 2.05) is 11.8 Å². The molecule has 0 bridgehead atoms. The van der Waals surface area contributed by atoms with Gasteiger partial charge in [-0.1, -0.05) is 34.1 Å². The molecule has 0 saturated heterocycles. The minimum absolute atomic E-state index is 0. The van der Waals surface area contributed by atoms with Gasteiger partial charge in [0.15, 0.2) is 0 Å². The minimum atomic E-state index is -0.287. The third-order valence-corrected chi connectivity index (χ3v) is 4.92. The molecular weight excluding hydrogens is 235 g/mol. The topological polar surface area (TPSA) is 20.2 Å². The maximum Gasteiger partial charge on any atom is 1.00 e. The molecule has 2 atom stereocenters. The van der Waals surface area contributed by atoms with Crippen LogP contribution in [0.3, 0.4) is 0 Å². The van der Waals surface area contributed by atoms with Gasteiger partial charge in [-0.3, -0.25) is 0 Å². The number of hydrogen-bond acceptors (Lipinski definition) is 2. The van der Waals surface area contributed by atoms with E-state index in [4.69, 9.17) is 0 Å². The van der Waals surface area contributed by atoms with Gasteiger partial charge < -0.3 is 11.2 Å². The Bertz CT molecular complexity index is 263. The summed E-state index contributed by atoms with van der Waals surface area (Å²) in [5.74, 6) is 1.19. The first-order valence-electron chi connectivity index (χ1n) is 6.88. The standard InChI is InChI=1S/C15H27OS.Li/c1-5-10-17-12(2)11-14(16)13-8-6-7-9-15(13,3)4;/h12,14,16H,5-7,9-11H2,1-4H3;/q-1;+1. The van der Waals surface area contributed by atoms with Crippen molar-refractivity contribution in [3.05, 3.63) is 11.6 Å². The fourth-order valence-electron chi connectivity index (χ4n) is 2.52. The van der Waals surface area contributed by atoms with E-state index in [1.54, 1.807) is 0 Å². The molecule has 0 heterocycles. The average molecular weight is 262 g/mol. The summed E-state index contributed by atoms with van der Waals surface area (Å²) >= 11 is 1.97. The van der Waals surface area contributed by atoms with Crippen LogP contribution in [-0.2, 0) is 0 Å². The summed E-state index contributed by atoms with van der Waals surface area (Å²) in [6, 6.07) is 0. The van der Waals surface area contributed by atoms with Crippen molar-refractivity contribution in [2.24, 2.45) is 5.41 Å². The molecule has 0 fully saturated rings. The second-order valence-corrected chi connectivity index (χ2v) is 7.31. The molecule has 0 aromatic carbocycles. The van der Waals surface area contributed by atoms with Gasteiger partial charge in [0.1, 0.15) is 0 Å². The van der Waals surface area contributed by atoms with Crippen LogP contribution in [0.1, 0.15) is 59.8 Å². The quantitative estimate of drug-likeness (QED) is 0.573. The summed E-state index contributed by atoms with van der Waals surface area (Å²) in [4.78, 5) is 0. The van der Waals surface area contributed by atoms with Crippen LogP contribution in [-0.4, -0.2) is 22.2 Å². The second kappa shape index (κ2) is 8.75. The molecule has 1 aliphatic rings. The molecule has 0 radical (unpaired) electrons. The van der Waals surface area contributed by atoms with Crippen molar-refractivity contribution in [2.45, 2.75) is 71.2 Å². The van der Waals surface area contributed by atoms with Crippen LogP contribution < -0.4 is 18.9 Å². The van der Waals surface area contributed by atoms with Crippen LogP contribution in [0.15, 0.2) is 5.57 Å². The smallest absolute Gasteiger partial charge is 0.494 e. The number of rotatable bonds is 6. The first kappa shape index (κ1) is 18.6. The molecule has 3 heteroatoms. The van der Waals surface area contributed by atoms with Gasteiger partial charge >= 0.3 is 18.9 Å². The first-order chi connectivity index (χ1) is 7.97. The predicted octanol–water partition coefficient (Wildman–Crippen LogP) is 1.21. The van der Waals surface area contributed by atoms with Gasteiger partial charge in [-0.05, 0) is 30.4 Å². The third-order valence-electron chi connectivity index (χ3n) is 3.52. The van der Waals surface area contributed by atoms with Crippen molar-refractivity contribution in [1.29, 1.82) is 0 Å². The largest absolute Gasteiger partial charge is 1.00 e. The fraction of sp³-hybridized carbons (Fsp3) is 0.867. The maximum absolute atomic E-state index is 10.4. The number of hydrogen-bond donors (Lipinski definition) is 1. The van der Waals surface area contributed by atoms with Gasteiger partial charge in [-0.15, -0.1) is 0 Å². The molecule has 0 spiro atoms. The van der Waals surface area contributed by atoms with Crippen molar-refractivity contribution in [2.75, 3.05) is 5.75 Å². The fourth-order valence-corrected chi connectivity index (χ4v) is 3.47. The molecule has 100 valence electrons. The van der Waals surface area contributed by atoms with Gasteiger partial charge in [0.2, 0.25) is 0 Å². The monoisotopic (exact) mass is 262 g/mol. The molecular formula is C15H27LiOS. The van der Waals surface area contributed by atoms with Crippen molar-refractivity contribution >= 4 is 11.8 Å². The zero-order chi connectivity index (χ0) is 12.9. The van der Waals surface area contributed by atoms with Gasteiger partial charge in [0, 0.05) is 11.4 Å². The van der Waals surface area contributed by atoms with Crippen molar-refractivity contribution in [3.63, 3.8) is 0 Å². The van der Waals surface area contributed by atoms with E-state index < -0.39 is 0 Å². The summed E-state index contributed by atoms with van der Waals surface area (Å²) in [6.45, 7) is 8.90. The number of aliphatic hydroxyl groups is 1. The van der Waals surface area contributed by atoms with E-state index in [2.05, 4.69) is 33.8 Å². The van der Waals surface area contributed by atoms with Gasteiger partial charge in [-0.2, -0.15) is 18.2 Å². The van der Waals surface area contributed by atoms with Gasteiger partial charge in [0.05, 0.1) is 0 Å². The van der Waals surface area contributed by atoms with E-state index in [1.165, 1.54) is 25.0 Å². The SMILES string of the molecule is CCCSC(C)CC(O)C1=[C-]CCCC1(C)C.[Li+]. The number of thioether (sulfide) groups is 1. The molecule has 18 heavy (non-hydrogen) atoms. The predicted molar refractivity (Wildman–Crippen MR) is 77.2 cm³/mol. The Labute approximate surface area is 129 Å². The van der Waals surface area contributed by atoms with Crippen LogP contribution in [0, 0.1) is 11.5 Å². The Morgan fingerprint density at radius 1 is 1.44 bits per heavy atom. The van der Waals surface area contributed by atoms with Crippen LogP contribution in [0.2, 0.25) is 0 Å². The van der Waals surface area contributed by atoms with Crippen LogP contribution in [0.5, 0.6) is 0 Å².